The van der Waals surface area contributed by atoms with E-state index in [-0.39, 0.29) is 19.3 Å². The zero-order valence-electron chi connectivity index (χ0n) is 26.6. The number of carbonyl (C=O) groups excluding carboxylic acids is 4. The molecule has 3 amide bonds. The van der Waals surface area contributed by atoms with Gasteiger partial charge in [0, 0.05) is 6.42 Å². The van der Waals surface area contributed by atoms with Crippen molar-refractivity contribution in [2.45, 2.75) is 51.2 Å². The highest BCUT2D eigenvalue weighted by atomic mass is 16.5. The first-order chi connectivity index (χ1) is 22.1. The Balaban J connectivity index is 1.62. The minimum Gasteiger partial charge on any atom is -0.497 e. The van der Waals surface area contributed by atoms with Gasteiger partial charge >= 0.3 is 0 Å². The van der Waals surface area contributed by atoms with Crippen LogP contribution in [0.1, 0.15) is 30.5 Å². The molecular weight excluding hydrogens is 582 g/mol. The van der Waals surface area contributed by atoms with Gasteiger partial charge in [-0.05, 0) is 64.1 Å². The SMILES string of the molecule is COc1ccc(C[C@@H](C=O)N(C(=O)Cc2cccc3ccccc23)C(=O)[C@@H](NC(=O)[C@@H](N)Cc2ccc(OC)cc2)C(C)C)cc1. The van der Waals surface area contributed by atoms with Crippen molar-refractivity contribution >= 4 is 34.8 Å². The van der Waals surface area contributed by atoms with Gasteiger partial charge in [-0.15, -0.1) is 0 Å². The third kappa shape index (κ3) is 8.37. The third-order valence-electron chi connectivity index (χ3n) is 8.00. The van der Waals surface area contributed by atoms with E-state index in [0.29, 0.717) is 17.8 Å². The van der Waals surface area contributed by atoms with E-state index in [4.69, 9.17) is 15.2 Å². The number of rotatable bonds is 14. The summed E-state index contributed by atoms with van der Waals surface area (Å²) in [6.45, 7) is 3.54. The number of hydrogen-bond donors (Lipinski definition) is 2. The minimum atomic E-state index is -1.12. The Labute approximate surface area is 269 Å². The maximum atomic E-state index is 14.3. The second kappa shape index (κ2) is 15.8. The predicted octanol–water partition coefficient (Wildman–Crippen LogP) is 4.28. The van der Waals surface area contributed by atoms with Crippen molar-refractivity contribution in [1.29, 1.82) is 0 Å². The number of hydrogen-bond acceptors (Lipinski definition) is 7. The lowest BCUT2D eigenvalue weighted by molar-refractivity contribution is -0.152. The molecule has 3 atom stereocenters. The molecule has 0 aliphatic heterocycles. The van der Waals surface area contributed by atoms with Crippen molar-refractivity contribution in [2.24, 2.45) is 11.7 Å². The number of ether oxygens (including phenoxy) is 2. The van der Waals surface area contributed by atoms with E-state index < -0.39 is 41.8 Å². The van der Waals surface area contributed by atoms with Gasteiger partial charge in [0.25, 0.3) is 5.91 Å². The average molecular weight is 624 g/mol. The lowest BCUT2D eigenvalue weighted by Crippen LogP contribution is -2.59. The minimum absolute atomic E-state index is 0.0935. The van der Waals surface area contributed by atoms with Crippen LogP contribution in [0.2, 0.25) is 0 Å². The fourth-order valence-electron chi connectivity index (χ4n) is 5.40. The zero-order chi connectivity index (χ0) is 33.2. The van der Waals surface area contributed by atoms with Crippen molar-refractivity contribution in [1.82, 2.24) is 10.2 Å². The van der Waals surface area contributed by atoms with E-state index in [2.05, 4.69) is 5.32 Å². The predicted molar refractivity (Wildman–Crippen MR) is 177 cm³/mol. The quantitative estimate of drug-likeness (QED) is 0.201. The van der Waals surface area contributed by atoms with Crippen molar-refractivity contribution < 1.29 is 28.7 Å². The van der Waals surface area contributed by atoms with Crippen LogP contribution >= 0.6 is 0 Å². The summed E-state index contributed by atoms with van der Waals surface area (Å²) < 4.78 is 10.4. The number of amides is 3. The Morgan fingerprint density at radius 3 is 1.93 bits per heavy atom. The highest BCUT2D eigenvalue weighted by molar-refractivity contribution is 6.03. The van der Waals surface area contributed by atoms with Gasteiger partial charge in [-0.2, -0.15) is 0 Å². The molecule has 46 heavy (non-hydrogen) atoms. The molecule has 0 radical (unpaired) electrons. The van der Waals surface area contributed by atoms with E-state index >= 15 is 0 Å². The summed E-state index contributed by atoms with van der Waals surface area (Å²) in [6, 6.07) is 24.4. The van der Waals surface area contributed by atoms with E-state index in [9.17, 15) is 19.2 Å². The van der Waals surface area contributed by atoms with E-state index in [0.717, 1.165) is 32.4 Å². The van der Waals surface area contributed by atoms with Gasteiger partial charge in [-0.3, -0.25) is 19.3 Å². The second-order valence-corrected chi connectivity index (χ2v) is 11.6. The van der Waals surface area contributed by atoms with E-state index in [1.807, 2.05) is 54.6 Å². The number of nitrogens with zero attached hydrogens (tertiary/aromatic N) is 1. The summed E-state index contributed by atoms with van der Waals surface area (Å²) in [6.07, 6.45) is 0.816. The maximum Gasteiger partial charge on any atom is 0.252 e. The summed E-state index contributed by atoms with van der Waals surface area (Å²) >= 11 is 0. The molecule has 9 nitrogen and oxygen atoms in total. The third-order valence-corrected chi connectivity index (χ3v) is 8.00. The second-order valence-electron chi connectivity index (χ2n) is 11.6. The molecular formula is C37H41N3O6. The van der Waals surface area contributed by atoms with Crippen LogP contribution in [0.4, 0.5) is 0 Å². The van der Waals surface area contributed by atoms with Crippen LogP contribution in [0, 0.1) is 5.92 Å². The number of imide groups is 1. The van der Waals surface area contributed by atoms with Crippen molar-refractivity contribution in [3.05, 3.63) is 108 Å². The van der Waals surface area contributed by atoms with Gasteiger partial charge in [-0.25, -0.2) is 0 Å². The molecule has 4 aromatic carbocycles. The van der Waals surface area contributed by atoms with Gasteiger partial charge in [0.1, 0.15) is 23.8 Å². The molecule has 9 heteroatoms. The van der Waals surface area contributed by atoms with Gasteiger partial charge in [-0.1, -0.05) is 80.6 Å². The summed E-state index contributed by atoms with van der Waals surface area (Å²) in [5.41, 5.74) is 8.55. The smallest absolute Gasteiger partial charge is 0.252 e. The zero-order valence-corrected chi connectivity index (χ0v) is 26.6. The number of aldehydes is 1. The molecule has 0 saturated heterocycles. The number of nitrogens with one attached hydrogen (secondary N) is 1. The van der Waals surface area contributed by atoms with Gasteiger partial charge < -0.3 is 25.3 Å². The Kier molecular flexibility index (Phi) is 11.6. The van der Waals surface area contributed by atoms with Crippen molar-refractivity contribution in [2.75, 3.05) is 14.2 Å². The summed E-state index contributed by atoms with van der Waals surface area (Å²) in [4.78, 5) is 55.4. The largest absolute Gasteiger partial charge is 0.497 e. The topological polar surface area (TPSA) is 128 Å². The monoisotopic (exact) mass is 623 g/mol. The Morgan fingerprint density at radius 1 is 0.804 bits per heavy atom. The molecule has 4 rings (SSSR count). The van der Waals surface area contributed by atoms with E-state index in [1.165, 1.54) is 0 Å². The molecule has 0 spiro atoms. The van der Waals surface area contributed by atoms with Crippen molar-refractivity contribution in [3.63, 3.8) is 0 Å². The highest BCUT2D eigenvalue weighted by Crippen LogP contribution is 2.22. The number of carbonyl (C=O) groups is 4. The standard InChI is InChI=1S/C37H41N3O6/c1-24(2)35(39-36(43)33(38)21-26-14-18-31(46-4)19-15-26)37(44)40(29(23-41)20-25-12-16-30(45-3)17-13-25)34(42)22-28-10-7-9-27-8-5-6-11-32(27)28/h5-19,23-24,29,33,35H,20-22,38H2,1-4H3,(H,39,43)/t29-,33-,35-/m0/s1. The molecule has 3 N–H and O–H groups in total. The summed E-state index contributed by atoms with van der Waals surface area (Å²) in [7, 11) is 3.12. The van der Waals surface area contributed by atoms with Crippen LogP contribution in [0.5, 0.6) is 11.5 Å². The summed E-state index contributed by atoms with van der Waals surface area (Å²) in [5, 5.41) is 4.61. The first-order valence-corrected chi connectivity index (χ1v) is 15.2. The summed E-state index contributed by atoms with van der Waals surface area (Å²) in [5.74, 6) is -0.849. The fourth-order valence-corrected chi connectivity index (χ4v) is 5.40. The van der Waals surface area contributed by atoms with Crippen LogP contribution < -0.4 is 20.5 Å². The molecule has 0 bridgehead atoms. The first kappa shape index (κ1) is 33.9. The maximum absolute atomic E-state index is 14.3. The van der Waals surface area contributed by atoms with Gasteiger partial charge in [0.05, 0.1) is 32.7 Å². The molecule has 0 fully saturated rings. The molecule has 0 aromatic heterocycles. The number of fused-ring (bicyclic) bond motifs is 1. The van der Waals surface area contributed by atoms with Crippen LogP contribution in [0.15, 0.2) is 91.0 Å². The average Bonchev–Trinajstić information content (AvgIpc) is 3.07. The van der Waals surface area contributed by atoms with Gasteiger partial charge in [0.15, 0.2) is 0 Å². The van der Waals surface area contributed by atoms with E-state index in [1.54, 1.807) is 64.5 Å². The van der Waals surface area contributed by atoms with Crippen LogP contribution in [-0.2, 0) is 38.4 Å². The first-order valence-electron chi connectivity index (χ1n) is 15.2. The van der Waals surface area contributed by atoms with Crippen LogP contribution in [-0.4, -0.2) is 61.3 Å². The van der Waals surface area contributed by atoms with Crippen LogP contribution in [0.3, 0.4) is 0 Å². The lowest BCUT2D eigenvalue weighted by atomic mass is 9.97. The van der Waals surface area contributed by atoms with Crippen molar-refractivity contribution in [3.8, 4) is 11.5 Å². The number of nitrogens with two attached hydrogens (primary N) is 1. The highest BCUT2D eigenvalue weighted by Gasteiger charge is 2.37. The van der Waals surface area contributed by atoms with Gasteiger partial charge in [0.2, 0.25) is 11.8 Å². The molecule has 0 saturated carbocycles. The molecule has 0 unspecified atom stereocenters. The fraction of sp³-hybridized carbons (Fsp3) is 0.297. The molecule has 0 heterocycles. The Bertz CT molecular complexity index is 1650. The van der Waals surface area contributed by atoms with Crippen LogP contribution in [0.25, 0.3) is 10.8 Å². The molecule has 240 valence electrons. The Morgan fingerprint density at radius 2 is 1.37 bits per heavy atom. The number of methoxy groups -OCH3 is 2. The normalized spacial score (nSPS) is 13.0. The Hall–Kier alpha value is -5.02. The lowest BCUT2D eigenvalue weighted by Gasteiger charge is -2.32. The molecule has 0 aliphatic rings. The molecule has 4 aromatic rings. The molecule has 0 aliphatic carbocycles. The number of benzene rings is 4.